The highest BCUT2D eigenvalue weighted by Gasteiger charge is 2.17. The first-order valence-corrected chi connectivity index (χ1v) is 18.5. The van der Waals surface area contributed by atoms with Gasteiger partial charge in [0.25, 0.3) is 0 Å². The zero-order valence-corrected chi connectivity index (χ0v) is 28.1. The second-order valence-corrected chi connectivity index (χ2v) is 12.5. The Balaban J connectivity index is 3.78. The van der Waals surface area contributed by atoms with Gasteiger partial charge >= 0.3 is 0 Å². The lowest BCUT2D eigenvalue weighted by atomic mass is 9.93. The molecule has 1 unspecified atom stereocenters. The van der Waals surface area contributed by atoms with Gasteiger partial charge in [0.1, 0.15) is 0 Å². The number of carbonyl (C=O) groups excluding carboxylic acids is 1. The molecule has 242 valence electrons. The summed E-state index contributed by atoms with van der Waals surface area (Å²) < 4.78 is 0. The second kappa shape index (κ2) is 35.1. The molecule has 0 rings (SSSR count). The van der Waals surface area contributed by atoms with Crippen LogP contribution in [0.1, 0.15) is 194 Å². The molecule has 0 spiro atoms. The highest BCUT2D eigenvalue weighted by molar-refractivity contribution is 5.78. The van der Waals surface area contributed by atoms with E-state index in [2.05, 4.69) is 43.5 Å². The van der Waals surface area contributed by atoms with Crippen LogP contribution in [0.2, 0.25) is 0 Å². The van der Waals surface area contributed by atoms with Crippen molar-refractivity contribution < 1.29 is 4.79 Å². The number of nitrogens with one attached hydrogen (secondary N) is 1. The van der Waals surface area contributed by atoms with Gasteiger partial charge in [0.2, 0.25) is 5.91 Å². The third kappa shape index (κ3) is 31.7. The average Bonchev–Trinajstić information content (AvgIpc) is 2.98. The van der Waals surface area contributed by atoms with Crippen LogP contribution >= 0.6 is 0 Å². The van der Waals surface area contributed by atoms with Crippen LogP contribution in [0.25, 0.3) is 0 Å². The number of hydrogen-bond donors (Lipinski definition) is 2. The molecule has 0 aliphatic heterocycles. The van der Waals surface area contributed by atoms with Gasteiger partial charge in [-0.25, -0.2) is 0 Å². The van der Waals surface area contributed by atoms with Crippen LogP contribution in [0.15, 0.2) is 24.3 Å². The smallest absolute Gasteiger partial charge is 0.223 e. The normalized spacial score (nSPS) is 12.6. The highest BCUT2D eigenvalue weighted by Crippen LogP contribution is 2.20. The van der Waals surface area contributed by atoms with E-state index >= 15 is 0 Å². The lowest BCUT2D eigenvalue weighted by molar-refractivity contribution is -0.125. The molecule has 0 aliphatic carbocycles. The summed E-state index contributed by atoms with van der Waals surface area (Å²) in [7, 11) is 0. The molecule has 0 aliphatic rings. The molecule has 3 nitrogen and oxygen atoms in total. The maximum Gasteiger partial charge on any atom is 0.223 e. The summed E-state index contributed by atoms with van der Waals surface area (Å²) in [5.41, 5.74) is 5.62. The topological polar surface area (TPSA) is 55.1 Å². The predicted octanol–water partition coefficient (Wildman–Crippen LogP) is 11.8. The Morgan fingerprint density at radius 1 is 0.512 bits per heavy atom. The molecule has 41 heavy (non-hydrogen) atoms. The Morgan fingerprint density at radius 3 is 1.17 bits per heavy atom. The molecule has 1 amide bonds. The van der Waals surface area contributed by atoms with Crippen LogP contribution in [0, 0.1) is 5.92 Å². The number of carbonyl (C=O) groups is 1. The number of hydrogen-bond acceptors (Lipinski definition) is 2. The third-order valence-corrected chi connectivity index (χ3v) is 8.44. The minimum Gasteiger partial charge on any atom is -0.355 e. The molecule has 0 aromatic heterocycles. The van der Waals surface area contributed by atoms with E-state index in [4.69, 9.17) is 5.73 Å². The first-order valence-electron chi connectivity index (χ1n) is 18.5. The molecule has 0 aromatic carbocycles. The van der Waals surface area contributed by atoms with Crippen LogP contribution in [0.4, 0.5) is 0 Å². The largest absolute Gasteiger partial charge is 0.355 e. The monoisotopic (exact) mass is 575 g/mol. The molecule has 0 bridgehead atoms. The van der Waals surface area contributed by atoms with E-state index in [0.717, 1.165) is 12.8 Å². The summed E-state index contributed by atoms with van der Waals surface area (Å²) in [4.78, 5) is 12.7. The zero-order valence-electron chi connectivity index (χ0n) is 28.1. The SMILES string of the molecule is CCCCCCCC/C=C\CCCCCCCCC(CCCCCC/C=C\CCCCCCCC)C(=O)NCCN. The Morgan fingerprint density at radius 2 is 0.829 bits per heavy atom. The fraction of sp³-hybridized carbons (Fsp3) is 0.868. The Kier molecular flexibility index (Phi) is 34.2. The summed E-state index contributed by atoms with van der Waals surface area (Å²) in [5, 5.41) is 3.06. The minimum absolute atomic E-state index is 0.176. The second-order valence-electron chi connectivity index (χ2n) is 12.5. The predicted molar refractivity (Wildman–Crippen MR) is 184 cm³/mol. The van der Waals surface area contributed by atoms with Crippen LogP contribution in [-0.4, -0.2) is 19.0 Å². The first kappa shape index (κ1) is 39.9. The van der Waals surface area contributed by atoms with Crippen LogP contribution in [-0.2, 0) is 4.79 Å². The molecular formula is C38H74N2O. The average molecular weight is 575 g/mol. The van der Waals surface area contributed by atoms with E-state index in [1.165, 1.54) is 167 Å². The van der Waals surface area contributed by atoms with E-state index < -0.39 is 0 Å². The molecular weight excluding hydrogens is 500 g/mol. The van der Waals surface area contributed by atoms with Gasteiger partial charge in [0, 0.05) is 19.0 Å². The zero-order chi connectivity index (χ0) is 29.9. The van der Waals surface area contributed by atoms with E-state index in [-0.39, 0.29) is 11.8 Å². The van der Waals surface area contributed by atoms with E-state index in [0.29, 0.717) is 13.1 Å². The molecule has 0 radical (unpaired) electrons. The number of nitrogens with two attached hydrogens (primary N) is 1. The van der Waals surface area contributed by atoms with Crippen molar-refractivity contribution in [3.8, 4) is 0 Å². The van der Waals surface area contributed by atoms with Gasteiger partial charge in [0.15, 0.2) is 0 Å². The maximum absolute atomic E-state index is 12.7. The number of amides is 1. The standard InChI is InChI=1S/C38H74N2O/c1-3-5-7-9-11-13-15-17-19-20-22-24-26-28-30-32-34-37(38(41)40-36-35-39)33-31-29-27-25-23-21-18-16-14-12-10-8-6-4-2/h17-19,21,37H,3-16,20,22-36,39H2,1-2H3,(H,40,41)/b19-17-,21-18-. The van der Waals surface area contributed by atoms with Crippen molar-refractivity contribution in [2.24, 2.45) is 11.7 Å². The summed E-state index contributed by atoms with van der Waals surface area (Å²) in [6, 6.07) is 0. The quantitative estimate of drug-likeness (QED) is 0.0605. The summed E-state index contributed by atoms with van der Waals surface area (Å²) >= 11 is 0. The molecule has 0 fully saturated rings. The summed E-state index contributed by atoms with van der Waals surface area (Å²) in [6.45, 7) is 5.69. The molecule has 0 heterocycles. The van der Waals surface area contributed by atoms with Crippen molar-refractivity contribution in [3.63, 3.8) is 0 Å². The molecule has 0 aromatic rings. The summed E-state index contributed by atoms with van der Waals surface area (Å²) in [6.07, 6.45) is 46.0. The van der Waals surface area contributed by atoms with E-state index in [1.807, 2.05) is 0 Å². The number of unbranched alkanes of at least 4 members (excludes halogenated alkanes) is 22. The van der Waals surface area contributed by atoms with Gasteiger partial charge in [-0.1, -0.05) is 154 Å². The van der Waals surface area contributed by atoms with E-state index in [1.54, 1.807) is 0 Å². The lowest BCUT2D eigenvalue weighted by Crippen LogP contribution is -2.34. The van der Waals surface area contributed by atoms with Gasteiger partial charge in [0.05, 0.1) is 0 Å². The molecule has 3 N–H and O–H groups in total. The van der Waals surface area contributed by atoms with Gasteiger partial charge in [-0.15, -0.1) is 0 Å². The van der Waals surface area contributed by atoms with Crippen LogP contribution in [0.3, 0.4) is 0 Å². The Bertz CT molecular complexity index is 571. The van der Waals surface area contributed by atoms with E-state index in [9.17, 15) is 4.79 Å². The van der Waals surface area contributed by atoms with Gasteiger partial charge in [-0.3, -0.25) is 4.79 Å². The molecule has 0 saturated carbocycles. The molecule has 3 heteroatoms. The number of allylic oxidation sites excluding steroid dienone is 4. The van der Waals surface area contributed by atoms with Crippen LogP contribution in [0.5, 0.6) is 0 Å². The first-order chi connectivity index (χ1) is 20.3. The fourth-order valence-corrected chi connectivity index (χ4v) is 5.67. The van der Waals surface area contributed by atoms with Crippen molar-refractivity contribution in [3.05, 3.63) is 24.3 Å². The van der Waals surface area contributed by atoms with Crippen molar-refractivity contribution in [1.29, 1.82) is 0 Å². The van der Waals surface area contributed by atoms with Crippen molar-refractivity contribution in [2.45, 2.75) is 194 Å². The molecule has 1 atom stereocenters. The van der Waals surface area contributed by atoms with Crippen molar-refractivity contribution in [1.82, 2.24) is 5.32 Å². The summed E-state index contributed by atoms with van der Waals surface area (Å²) in [5.74, 6) is 0.413. The fourth-order valence-electron chi connectivity index (χ4n) is 5.67. The van der Waals surface area contributed by atoms with Gasteiger partial charge in [-0.05, 0) is 64.2 Å². The Hall–Kier alpha value is -1.09. The maximum atomic E-state index is 12.7. The van der Waals surface area contributed by atoms with Crippen LogP contribution < -0.4 is 11.1 Å². The Labute approximate surface area is 258 Å². The van der Waals surface area contributed by atoms with Crippen molar-refractivity contribution >= 4 is 5.91 Å². The lowest BCUT2D eigenvalue weighted by Gasteiger charge is -2.16. The minimum atomic E-state index is 0.176. The number of rotatable bonds is 33. The van der Waals surface area contributed by atoms with Crippen molar-refractivity contribution in [2.75, 3.05) is 13.1 Å². The highest BCUT2D eigenvalue weighted by atomic mass is 16.1. The third-order valence-electron chi connectivity index (χ3n) is 8.44. The molecule has 0 saturated heterocycles. The van der Waals surface area contributed by atoms with Gasteiger partial charge < -0.3 is 11.1 Å². The van der Waals surface area contributed by atoms with Gasteiger partial charge in [-0.2, -0.15) is 0 Å².